The van der Waals surface area contributed by atoms with Gasteiger partial charge < -0.3 is 18.9 Å². The van der Waals surface area contributed by atoms with Crippen molar-refractivity contribution in [1.29, 1.82) is 0 Å². The molecule has 0 spiro atoms. The number of halogens is 2. The van der Waals surface area contributed by atoms with E-state index >= 15 is 0 Å². The molecule has 0 radical (unpaired) electrons. The van der Waals surface area contributed by atoms with Gasteiger partial charge in [0.15, 0.2) is 11.5 Å². The highest BCUT2D eigenvalue weighted by molar-refractivity contribution is 6.01. The lowest BCUT2D eigenvalue weighted by Gasteiger charge is -2.13. The molecule has 150 valence electrons. The Kier molecular flexibility index (Phi) is 7.14. The zero-order chi connectivity index (χ0) is 20.7. The molecule has 2 rings (SSSR count). The average Bonchev–Trinajstić information content (AvgIpc) is 2.70. The van der Waals surface area contributed by atoms with E-state index in [1.54, 1.807) is 19.1 Å². The van der Waals surface area contributed by atoms with Gasteiger partial charge in [-0.1, -0.05) is 0 Å². The normalized spacial score (nSPS) is 11.2. The Hall–Kier alpha value is -3.36. The van der Waals surface area contributed by atoms with Crippen molar-refractivity contribution in [2.45, 2.75) is 13.5 Å². The molecular formula is C19H20F2N2O5. The molecule has 0 aromatic heterocycles. The van der Waals surface area contributed by atoms with Crippen LogP contribution in [0.3, 0.4) is 0 Å². The van der Waals surface area contributed by atoms with E-state index in [-0.39, 0.29) is 11.3 Å². The fourth-order valence-corrected chi connectivity index (χ4v) is 2.35. The van der Waals surface area contributed by atoms with Gasteiger partial charge in [-0.3, -0.25) is 4.79 Å². The van der Waals surface area contributed by atoms with Crippen molar-refractivity contribution in [3.05, 3.63) is 47.5 Å². The molecule has 0 aliphatic rings. The van der Waals surface area contributed by atoms with Crippen LogP contribution in [-0.2, 0) is 0 Å². The van der Waals surface area contributed by atoms with Crippen molar-refractivity contribution in [2.24, 2.45) is 5.10 Å². The predicted octanol–water partition coefficient (Wildman–Crippen LogP) is 3.47. The average molecular weight is 394 g/mol. The second kappa shape index (κ2) is 9.54. The molecule has 0 heterocycles. The van der Waals surface area contributed by atoms with Gasteiger partial charge in [-0.15, -0.1) is 0 Å². The fraction of sp³-hybridized carbons (Fsp3) is 0.263. The molecule has 2 aromatic carbocycles. The van der Waals surface area contributed by atoms with E-state index in [0.29, 0.717) is 28.5 Å². The summed E-state index contributed by atoms with van der Waals surface area (Å²) >= 11 is 0. The van der Waals surface area contributed by atoms with Gasteiger partial charge in [0, 0.05) is 5.56 Å². The van der Waals surface area contributed by atoms with Crippen molar-refractivity contribution in [3.8, 4) is 23.0 Å². The Balaban J connectivity index is 2.16. The van der Waals surface area contributed by atoms with E-state index in [2.05, 4.69) is 15.3 Å². The van der Waals surface area contributed by atoms with Crippen LogP contribution in [0, 0.1) is 0 Å². The van der Waals surface area contributed by atoms with Crippen LogP contribution in [0.4, 0.5) is 8.78 Å². The molecule has 7 nitrogen and oxygen atoms in total. The number of carbonyl (C=O) groups is 1. The van der Waals surface area contributed by atoms with Crippen molar-refractivity contribution in [2.75, 3.05) is 21.3 Å². The summed E-state index contributed by atoms with van der Waals surface area (Å²) in [5.74, 6) is 0.584. The number of carbonyl (C=O) groups excluding carboxylic acids is 1. The lowest BCUT2D eigenvalue weighted by molar-refractivity contribution is -0.0498. The summed E-state index contributed by atoms with van der Waals surface area (Å²) in [7, 11) is 4.36. The number of nitrogens with zero attached hydrogens (tertiary/aromatic N) is 1. The Bertz CT molecular complexity index is 829. The number of hydrogen-bond donors (Lipinski definition) is 1. The smallest absolute Gasteiger partial charge is 0.387 e. The first-order valence-corrected chi connectivity index (χ1v) is 8.09. The second-order valence-electron chi connectivity index (χ2n) is 5.46. The molecule has 0 fully saturated rings. The number of rotatable bonds is 8. The van der Waals surface area contributed by atoms with Gasteiger partial charge in [-0.25, -0.2) is 5.43 Å². The maximum absolute atomic E-state index is 12.4. The lowest BCUT2D eigenvalue weighted by atomic mass is 10.1. The molecule has 0 saturated heterocycles. The highest BCUT2D eigenvalue weighted by Gasteiger charge is 2.17. The first-order chi connectivity index (χ1) is 13.4. The molecule has 28 heavy (non-hydrogen) atoms. The number of hydrogen-bond acceptors (Lipinski definition) is 6. The van der Waals surface area contributed by atoms with Gasteiger partial charge in [-0.05, 0) is 48.9 Å². The summed E-state index contributed by atoms with van der Waals surface area (Å²) in [5.41, 5.74) is 3.79. The van der Waals surface area contributed by atoms with Gasteiger partial charge in [0.25, 0.3) is 5.91 Å². The molecule has 2 aromatic rings. The van der Waals surface area contributed by atoms with Crippen LogP contribution in [0.15, 0.2) is 41.5 Å². The SMILES string of the molecule is COc1cc(C(=O)NN=C(C)c2ccc(OC(F)F)cc2)cc(OC)c1OC. The van der Waals surface area contributed by atoms with Crippen LogP contribution >= 0.6 is 0 Å². The summed E-state index contributed by atoms with van der Waals surface area (Å²) in [6.07, 6.45) is 0. The van der Waals surface area contributed by atoms with Crippen LogP contribution < -0.4 is 24.4 Å². The van der Waals surface area contributed by atoms with Gasteiger partial charge in [0.05, 0.1) is 27.0 Å². The fourth-order valence-electron chi connectivity index (χ4n) is 2.35. The third kappa shape index (κ3) is 5.09. The van der Waals surface area contributed by atoms with Crippen LogP contribution in [0.5, 0.6) is 23.0 Å². The van der Waals surface area contributed by atoms with Gasteiger partial charge in [0.2, 0.25) is 5.75 Å². The standard InChI is InChI=1S/C19H20F2N2O5/c1-11(12-5-7-14(8-6-12)28-19(20)21)22-23-18(24)13-9-15(25-2)17(27-4)16(10-13)26-3/h5-10,19H,1-4H3,(H,23,24). The number of methoxy groups -OCH3 is 3. The van der Waals surface area contributed by atoms with Gasteiger partial charge >= 0.3 is 6.61 Å². The maximum atomic E-state index is 12.4. The first kappa shape index (κ1) is 20.9. The van der Waals surface area contributed by atoms with Crippen molar-refractivity contribution < 1.29 is 32.5 Å². The summed E-state index contributed by atoms with van der Waals surface area (Å²) in [5, 5.41) is 4.03. The Morgan fingerprint density at radius 1 is 0.964 bits per heavy atom. The summed E-state index contributed by atoms with van der Waals surface area (Å²) < 4.78 is 44.3. The largest absolute Gasteiger partial charge is 0.493 e. The molecule has 0 atom stereocenters. The number of hydrazone groups is 1. The third-order valence-electron chi connectivity index (χ3n) is 3.75. The van der Waals surface area contributed by atoms with Crippen LogP contribution in [-0.4, -0.2) is 39.6 Å². The maximum Gasteiger partial charge on any atom is 0.387 e. The molecule has 0 saturated carbocycles. The van der Waals surface area contributed by atoms with Crippen molar-refractivity contribution in [3.63, 3.8) is 0 Å². The molecule has 9 heteroatoms. The first-order valence-electron chi connectivity index (χ1n) is 8.09. The van der Waals surface area contributed by atoms with E-state index in [0.717, 1.165) is 0 Å². The lowest BCUT2D eigenvalue weighted by Crippen LogP contribution is -2.19. The van der Waals surface area contributed by atoms with E-state index in [1.807, 2.05) is 0 Å². The monoisotopic (exact) mass is 394 g/mol. The van der Waals surface area contributed by atoms with Crippen LogP contribution in [0.1, 0.15) is 22.8 Å². The van der Waals surface area contributed by atoms with Crippen molar-refractivity contribution in [1.82, 2.24) is 5.43 Å². The zero-order valence-corrected chi connectivity index (χ0v) is 15.8. The highest BCUT2D eigenvalue weighted by atomic mass is 19.3. The van der Waals surface area contributed by atoms with Gasteiger partial charge in [-0.2, -0.15) is 13.9 Å². The second-order valence-corrected chi connectivity index (χ2v) is 5.46. The summed E-state index contributed by atoms with van der Waals surface area (Å²) in [6, 6.07) is 8.89. The Morgan fingerprint density at radius 3 is 2.00 bits per heavy atom. The topological polar surface area (TPSA) is 78.4 Å². The molecule has 1 amide bonds. The zero-order valence-electron chi connectivity index (χ0n) is 15.8. The predicted molar refractivity (Wildman–Crippen MR) is 98.8 cm³/mol. The van der Waals surface area contributed by atoms with Crippen LogP contribution in [0.2, 0.25) is 0 Å². The molecular weight excluding hydrogens is 374 g/mol. The summed E-state index contributed by atoms with van der Waals surface area (Å²) in [4.78, 5) is 12.4. The van der Waals surface area contributed by atoms with E-state index in [1.165, 1.54) is 45.6 Å². The molecule has 0 aliphatic heterocycles. The number of benzene rings is 2. The quantitative estimate of drug-likeness (QED) is 0.548. The van der Waals surface area contributed by atoms with E-state index in [4.69, 9.17) is 14.2 Å². The van der Waals surface area contributed by atoms with Crippen LogP contribution in [0.25, 0.3) is 0 Å². The molecule has 0 unspecified atom stereocenters. The Morgan fingerprint density at radius 2 is 1.54 bits per heavy atom. The Labute approximate surface area is 160 Å². The van der Waals surface area contributed by atoms with E-state index < -0.39 is 12.5 Å². The molecule has 1 N–H and O–H groups in total. The minimum Gasteiger partial charge on any atom is -0.493 e. The van der Waals surface area contributed by atoms with Gasteiger partial charge in [0.1, 0.15) is 5.75 Å². The minimum absolute atomic E-state index is 0.0352. The third-order valence-corrected chi connectivity index (χ3v) is 3.75. The summed E-state index contributed by atoms with van der Waals surface area (Å²) in [6.45, 7) is -1.23. The number of ether oxygens (including phenoxy) is 4. The minimum atomic E-state index is -2.89. The van der Waals surface area contributed by atoms with Crippen molar-refractivity contribution >= 4 is 11.6 Å². The highest BCUT2D eigenvalue weighted by Crippen LogP contribution is 2.38. The number of nitrogens with one attached hydrogen (secondary N) is 1. The molecule has 0 aliphatic carbocycles. The molecule has 0 bridgehead atoms. The number of amides is 1. The van der Waals surface area contributed by atoms with E-state index in [9.17, 15) is 13.6 Å². The number of alkyl halides is 2.